The molecule has 0 aliphatic heterocycles. The molecule has 1 rings (SSSR count). The van der Waals surface area contributed by atoms with E-state index in [0.29, 0.717) is 6.04 Å². The number of alkyl halides is 3. The molecule has 1 aromatic carbocycles. The molecule has 6 heteroatoms. The van der Waals surface area contributed by atoms with Crippen LogP contribution in [0.3, 0.4) is 0 Å². The van der Waals surface area contributed by atoms with E-state index in [-0.39, 0.29) is 10.2 Å². The van der Waals surface area contributed by atoms with Gasteiger partial charge in [-0.15, -0.1) is 13.2 Å². The van der Waals surface area contributed by atoms with Crippen molar-refractivity contribution < 1.29 is 17.9 Å². The average Bonchev–Trinajstić information content (AvgIpc) is 2.28. The molecule has 1 aromatic rings. The number of ether oxygens (including phenoxy) is 1. The molecule has 0 unspecified atom stereocenters. The minimum atomic E-state index is -4.67. The monoisotopic (exact) mass is 325 g/mol. The highest BCUT2D eigenvalue weighted by Crippen LogP contribution is 2.32. The molecule has 0 radical (unpaired) electrons. The summed E-state index contributed by atoms with van der Waals surface area (Å²) in [5, 5.41) is 3.24. The molecule has 18 heavy (non-hydrogen) atoms. The molecule has 0 heterocycles. The molecule has 0 amide bonds. The molecular weight excluding hydrogens is 311 g/mol. The zero-order valence-electron chi connectivity index (χ0n) is 10.1. The molecule has 102 valence electrons. The summed E-state index contributed by atoms with van der Waals surface area (Å²) < 4.78 is 40.4. The smallest absolute Gasteiger partial charge is 0.405 e. The maximum atomic E-state index is 12.1. The van der Waals surface area contributed by atoms with Crippen molar-refractivity contribution in [1.82, 2.24) is 0 Å². The van der Waals surface area contributed by atoms with Crippen molar-refractivity contribution in [3.63, 3.8) is 0 Å². The first-order chi connectivity index (χ1) is 8.35. The van der Waals surface area contributed by atoms with Gasteiger partial charge >= 0.3 is 6.36 Å². The first kappa shape index (κ1) is 15.1. The molecule has 0 fully saturated rings. The molecular formula is C12H15BrF3NO. The van der Waals surface area contributed by atoms with Crippen LogP contribution in [0.15, 0.2) is 22.7 Å². The lowest BCUT2D eigenvalue weighted by Gasteiger charge is -2.17. The van der Waals surface area contributed by atoms with Crippen LogP contribution in [0.2, 0.25) is 0 Å². The Bertz CT molecular complexity index is 391. The Labute approximate surface area is 113 Å². The van der Waals surface area contributed by atoms with E-state index in [1.54, 1.807) is 12.1 Å². The van der Waals surface area contributed by atoms with E-state index >= 15 is 0 Å². The van der Waals surface area contributed by atoms with Gasteiger partial charge in [-0.05, 0) is 47.0 Å². The number of anilines is 1. The van der Waals surface area contributed by atoms with Gasteiger partial charge in [-0.3, -0.25) is 0 Å². The summed E-state index contributed by atoms with van der Waals surface area (Å²) in [5.41, 5.74) is 0.769. The third-order valence-electron chi connectivity index (χ3n) is 2.51. The van der Waals surface area contributed by atoms with Gasteiger partial charge in [0.1, 0.15) is 5.75 Å². The van der Waals surface area contributed by atoms with Crippen LogP contribution in [-0.4, -0.2) is 12.4 Å². The van der Waals surface area contributed by atoms with Crippen molar-refractivity contribution in [3.05, 3.63) is 22.7 Å². The minimum Gasteiger partial charge on any atom is -0.405 e. The number of benzene rings is 1. The maximum Gasteiger partial charge on any atom is 0.573 e. The normalized spacial score (nSPS) is 11.7. The highest BCUT2D eigenvalue weighted by atomic mass is 79.9. The van der Waals surface area contributed by atoms with Crippen LogP contribution < -0.4 is 10.1 Å². The summed E-state index contributed by atoms with van der Waals surface area (Å²) in [4.78, 5) is 0. The van der Waals surface area contributed by atoms with Crippen LogP contribution in [0.5, 0.6) is 5.75 Å². The van der Waals surface area contributed by atoms with Crippen LogP contribution >= 0.6 is 15.9 Å². The number of hydrogen-bond acceptors (Lipinski definition) is 2. The molecule has 0 spiro atoms. The lowest BCUT2D eigenvalue weighted by atomic mass is 10.1. The van der Waals surface area contributed by atoms with Crippen molar-refractivity contribution in [3.8, 4) is 5.75 Å². The van der Waals surface area contributed by atoms with Crippen LogP contribution in [0.25, 0.3) is 0 Å². The molecule has 0 saturated heterocycles. The van der Waals surface area contributed by atoms with E-state index in [9.17, 15) is 13.2 Å². The topological polar surface area (TPSA) is 21.3 Å². The van der Waals surface area contributed by atoms with Gasteiger partial charge in [0.15, 0.2) is 0 Å². The molecule has 0 atom stereocenters. The lowest BCUT2D eigenvalue weighted by molar-refractivity contribution is -0.274. The van der Waals surface area contributed by atoms with Gasteiger partial charge in [0.2, 0.25) is 0 Å². The molecule has 1 N–H and O–H groups in total. The van der Waals surface area contributed by atoms with E-state index in [0.717, 1.165) is 18.5 Å². The molecule has 0 aromatic heterocycles. The highest BCUT2D eigenvalue weighted by Gasteiger charge is 2.31. The molecule has 2 nitrogen and oxygen atoms in total. The Morgan fingerprint density at radius 2 is 1.89 bits per heavy atom. The van der Waals surface area contributed by atoms with E-state index in [1.165, 1.54) is 6.07 Å². The summed E-state index contributed by atoms with van der Waals surface area (Å²) in [6, 6.07) is 4.76. The summed E-state index contributed by atoms with van der Waals surface area (Å²) in [5.74, 6) is -0.238. The van der Waals surface area contributed by atoms with Crippen LogP contribution in [-0.2, 0) is 0 Å². The molecule has 0 aliphatic carbocycles. The van der Waals surface area contributed by atoms with Gasteiger partial charge in [-0.2, -0.15) is 0 Å². The largest absolute Gasteiger partial charge is 0.573 e. The van der Waals surface area contributed by atoms with Gasteiger partial charge in [0.25, 0.3) is 0 Å². The second kappa shape index (κ2) is 6.31. The fourth-order valence-electron chi connectivity index (χ4n) is 1.53. The van der Waals surface area contributed by atoms with Gasteiger partial charge in [0.05, 0.1) is 4.47 Å². The van der Waals surface area contributed by atoms with E-state index in [2.05, 4.69) is 39.8 Å². The zero-order chi connectivity index (χ0) is 13.8. The van der Waals surface area contributed by atoms with Gasteiger partial charge in [-0.1, -0.05) is 13.8 Å². The average molecular weight is 326 g/mol. The lowest BCUT2D eigenvalue weighted by Crippen LogP contribution is -2.18. The predicted octanol–water partition coefficient (Wildman–Crippen LogP) is 4.95. The second-order valence-corrected chi connectivity index (χ2v) is 4.71. The van der Waals surface area contributed by atoms with E-state index in [4.69, 9.17) is 0 Å². The van der Waals surface area contributed by atoms with Gasteiger partial charge in [0, 0.05) is 11.7 Å². The zero-order valence-corrected chi connectivity index (χ0v) is 11.7. The fraction of sp³-hybridized carbons (Fsp3) is 0.500. The summed E-state index contributed by atoms with van der Waals surface area (Å²) in [7, 11) is 0. The minimum absolute atomic E-state index is 0.238. The predicted molar refractivity (Wildman–Crippen MR) is 68.8 cm³/mol. The van der Waals surface area contributed by atoms with Crippen molar-refractivity contribution in [2.45, 2.75) is 39.1 Å². The van der Waals surface area contributed by atoms with Crippen LogP contribution in [0.4, 0.5) is 18.9 Å². The molecule has 0 saturated carbocycles. The SMILES string of the molecule is CCC(CC)Nc1ccc(OC(F)(F)F)c(Br)c1. The molecule has 0 bridgehead atoms. The third kappa shape index (κ3) is 4.76. The van der Waals surface area contributed by atoms with Crippen molar-refractivity contribution in [2.24, 2.45) is 0 Å². The van der Waals surface area contributed by atoms with Crippen LogP contribution in [0, 0.1) is 0 Å². The quantitative estimate of drug-likeness (QED) is 0.827. The standard InChI is InChI=1S/C12H15BrF3NO/c1-3-8(4-2)17-9-5-6-11(10(13)7-9)18-12(14,15)16/h5-8,17H,3-4H2,1-2H3. The summed E-state index contributed by atoms with van der Waals surface area (Å²) >= 11 is 3.07. The van der Waals surface area contributed by atoms with E-state index < -0.39 is 6.36 Å². The highest BCUT2D eigenvalue weighted by molar-refractivity contribution is 9.10. The van der Waals surface area contributed by atoms with E-state index in [1.807, 2.05) is 0 Å². The van der Waals surface area contributed by atoms with Crippen molar-refractivity contribution in [1.29, 1.82) is 0 Å². The Hall–Kier alpha value is -0.910. The first-order valence-electron chi connectivity index (χ1n) is 5.67. The number of halogens is 4. The Morgan fingerprint density at radius 1 is 1.28 bits per heavy atom. The van der Waals surface area contributed by atoms with Gasteiger partial charge < -0.3 is 10.1 Å². The maximum absolute atomic E-state index is 12.1. The second-order valence-electron chi connectivity index (χ2n) is 3.85. The van der Waals surface area contributed by atoms with Crippen molar-refractivity contribution >= 4 is 21.6 Å². The van der Waals surface area contributed by atoms with Crippen LogP contribution in [0.1, 0.15) is 26.7 Å². The summed E-state index contributed by atoms with van der Waals surface area (Å²) in [6.45, 7) is 4.11. The Kier molecular flexibility index (Phi) is 5.31. The van der Waals surface area contributed by atoms with Gasteiger partial charge in [-0.25, -0.2) is 0 Å². The number of rotatable bonds is 5. The van der Waals surface area contributed by atoms with Crippen molar-refractivity contribution in [2.75, 3.05) is 5.32 Å². The first-order valence-corrected chi connectivity index (χ1v) is 6.46. The third-order valence-corrected chi connectivity index (χ3v) is 3.13. The molecule has 0 aliphatic rings. The Balaban J connectivity index is 2.79. The Morgan fingerprint density at radius 3 is 2.33 bits per heavy atom. The fourth-order valence-corrected chi connectivity index (χ4v) is 1.99. The number of hydrogen-bond donors (Lipinski definition) is 1. The summed E-state index contributed by atoms with van der Waals surface area (Å²) in [6.07, 6.45) is -2.77. The number of nitrogens with one attached hydrogen (secondary N) is 1.